The van der Waals surface area contributed by atoms with E-state index in [9.17, 15) is 5.11 Å². The fourth-order valence-corrected chi connectivity index (χ4v) is 1.31. The SMILES string of the molecule is CCC1C(O)CCOC1O. The van der Waals surface area contributed by atoms with Gasteiger partial charge in [-0.2, -0.15) is 0 Å². The standard InChI is InChI=1S/C7H14O3/c1-2-5-6(8)3-4-10-7(5)9/h5-9H,2-4H2,1H3. The van der Waals surface area contributed by atoms with Crippen LogP contribution in [0.2, 0.25) is 0 Å². The Balaban J connectivity index is 2.45. The first-order valence-corrected chi connectivity index (χ1v) is 3.73. The van der Waals surface area contributed by atoms with Crippen LogP contribution in [0.25, 0.3) is 0 Å². The highest BCUT2D eigenvalue weighted by atomic mass is 16.6. The summed E-state index contributed by atoms with van der Waals surface area (Å²) in [6, 6.07) is 0. The molecule has 1 heterocycles. The van der Waals surface area contributed by atoms with Gasteiger partial charge in [0.2, 0.25) is 0 Å². The lowest BCUT2D eigenvalue weighted by Gasteiger charge is -2.31. The molecule has 0 spiro atoms. The van der Waals surface area contributed by atoms with Gasteiger partial charge in [-0.1, -0.05) is 6.92 Å². The molecule has 3 nitrogen and oxygen atoms in total. The Labute approximate surface area is 60.6 Å². The summed E-state index contributed by atoms with van der Waals surface area (Å²) < 4.78 is 4.95. The number of aliphatic hydroxyl groups is 2. The van der Waals surface area contributed by atoms with Crippen molar-refractivity contribution in [2.75, 3.05) is 6.61 Å². The smallest absolute Gasteiger partial charge is 0.159 e. The number of rotatable bonds is 1. The molecule has 3 atom stereocenters. The zero-order valence-corrected chi connectivity index (χ0v) is 6.16. The van der Waals surface area contributed by atoms with Crippen molar-refractivity contribution in [3.8, 4) is 0 Å². The van der Waals surface area contributed by atoms with E-state index in [4.69, 9.17) is 9.84 Å². The summed E-state index contributed by atoms with van der Waals surface area (Å²) in [4.78, 5) is 0. The summed E-state index contributed by atoms with van der Waals surface area (Å²) >= 11 is 0. The second-order valence-corrected chi connectivity index (χ2v) is 2.69. The number of hydrogen-bond donors (Lipinski definition) is 2. The molecule has 0 amide bonds. The molecular weight excluding hydrogens is 132 g/mol. The van der Waals surface area contributed by atoms with E-state index in [2.05, 4.69) is 0 Å². The van der Waals surface area contributed by atoms with Crippen LogP contribution in [0.1, 0.15) is 19.8 Å². The maximum Gasteiger partial charge on any atom is 0.159 e. The van der Waals surface area contributed by atoms with Crippen molar-refractivity contribution in [2.45, 2.75) is 32.2 Å². The molecule has 3 unspecified atom stereocenters. The molecule has 10 heavy (non-hydrogen) atoms. The molecule has 1 aliphatic heterocycles. The molecule has 0 aliphatic carbocycles. The first-order valence-electron chi connectivity index (χ1n) is 3.73. The Morgan fingerprint density at radius 2 is 2.20 bits per heavy atom. The van der Waals surface area contributed by atoms with Crippen LogP contribution in [0.3, 0.4) is 0 Å². The molecule has 0 aromatic heterocycles. The first-order chi connectivity index (χ1) is 4.75. The van der Waals surface area contributed by atoms with Gasteiger partial charge in [0.1, 0.15) is 0 Å². The zero-order chi connectivity index (χ0) is 7.56. The Hall–Kier alpha value is -0.120. The van der Waals surface area contributed by atoms with Crippen LogP contribution in [-0.4, -0.2) is 29.2 Å². The Morgan fingerprint density at radius 1 is 1.50 bits per heavy atom. The predicted molar refractivity (Wildman–Crippen MR) is 36.4 cm³/mol. The lowest BCUT2D eigenvalue weighted by molar-refractivity contribution is -0.193. The van der Waals surface area contributed by atoms with E-state index in [1.54, 1.807) is 0 Å². The van der Waals surface area contributed by atoms with Crippen LogP contribution >= 0.6 is 0 Å². The van der Waals surface area contributed by atoms with Gasteiger partial charge >= 0.3 is 0 Å². The molecule has 0 saturated carbocycles. The highest BCUT2D eigenvalue weighted by molar-refractivity contribution is 4.73. The first kappa shape index (κ1) is 7.98. The minimum absolute atomic E-state index is 0.0891. The largest absolute Gasteiger partial charge is 0.393 e. The Morgan fingerprint density at radius 3 is 2.60 bits per heavy atom. The molecule has 0 bridgehead atoms. The Kier molecular flexibility index (Phi) is 2.65. The lowest BCUT2D eigenvalue weighted by Crippen LogP contribution is -2.39. The topological polar surface area (TPSA) is 49.7 Å². The molecule has 60 valence electrons. The molecule has 1 rings (SSSR count). The van der Waals surface area contributed by atoms with E-state index in [1.165, 1.54) is 0 Å². The van der Waals surface area contributed by atoms with Gasteiger partial charge in [-0.15, -0.1) is 0 Å². The third-order valence-corrected chi connectivity index (χ3v) is 2.03. The van der Waals surface area contributed by atoms with Gasteiger partial charge in [0.05, 0.1) is 12.7 Å². The minimum Gasteiger partial charge on any atom is -0.393 e. The van der Waals surface area contributed by atoms with Gasteiger partial charge in [-0.25, -0.2) is 0 Å². The van der Waals surface area contributed by atoms with E-state index < -0.39 is 6.29 Å². The van der Waals surface area contributed by atoms with Crippen LogP contribution in [0, 0.1) is 5.92 Å². The number of aliphatic hydroxyl groups excluding tert-OH is 2. The van der Waals surface area contributed by atoms with Crippen molar-refractivity contribution in [1.29, 1.82) is 0 Å². The summed E-state index contributed by atoms with van der Waals surface area (Å²) in [5.74, 6) is -0.0891. The van der Waals surface area contributed by atoms with Crippen LogP contribution in [0.15, 0.2) is 0 Å². The van der Waals surface area contributed by atoms with Crippen LogP contribution in [0.4, 0.5) is 0 Å². The van der Waals surface area contributed by atoms with Crippen molar-refractivity contribution >= 4 is 0 Å². The highest BCUT2D eigenvalue weighted by Crippen LogP contribution is 2.22. The number of ether oxygens (including phenoxy) is 1. The van der Waals surface area contributed by atoms with E-state index in [0.29, 0.717) is 13.0 Å². The van der Waals surface area contributed by atoms with E-state index >= 15 is 0 Å². The Bertz CT molecular complexity index is 95.0. The van der Waals surface area contributed by atoms with Crippen molar-refractivity contribution in [2.24, 2.45) is 5.92 Å². The number of hydrogen-bond acceptors (Lipinski definition) is 3. The molecule has 1 aliphatic rings. The van der Waals surface area contributed by atoms with Crippen LogP contribution in [-0.2, 0) is 4.74 Å². The monoisotopic (exact) mass is 146 g/mol. The second-order valence-electron chi connectivity index (χ2n) is 2.69. The van der Waals surface area contributed by atoms with Crippen LogP contribution < -0.4 is 0 Å². The molecule has 0 aromatic rings. The maximum atomic E-state index is 9.30. The van der Waals surface area contributed by atoms with Crippen LogP contribution in [0.5, 0.6) is 0 Å². The van der Waals surface area contributed by atoms with E-state index in [0.717, 1.165) is 6.42 Å². The molecule has 1 fully saturated rings. The van der Waals surface area contributed by atoms with E-state index in [1.807, 2.05) is 6.92 Å². The quantitative estimate of drug-likeness (QED) is 0.552. The summed E-state index contributed by atoms with van der Waals surface area (Å²) in [5, 5.41) is 18.5. The molecule has 0 radical (unpaired) electrons. The average Bonchev–Trinajstić information content (AvgIpc) is 1.88. The third kappa shape index (κ3) is 1.48. The lowest BCUT2D eigenvalue weighted by atomic mass is 9.95. The maximum absolute atomic E-state index is 9.30. The summed E-state index contributed by atoms with van der Waals surface area (Å²) in [6.07, 6.45) is 0.278. The third-order valence-electron chi connectivity index (χ3n) is 2.03. The van der Waals surface area contributed by atoms with Gasteiger partial charge in [0, 0.05) is 5.92 Å². The second kappa shape index (κ2) is 3.32. The fraction of sp³-hybridized carbons (Fsp3) is 1.00. The normalized spacial score (nSPS) is 41.7. The predicted octanol–water partition coefficient (Wildman–Crippen LogP) is 0.112. The van der Waals surface area contributed by atoms with Gasteiger partial charge < -0.3 is 14.9 Å². The molecule has 3 heteroatoms. The highest BCUT2D eigenvalue weighted by Gasteiger charge is 2.29. The summed E-state index contributed by atoms with van der Waals surface area (Å²) in [6.45, 7) is 2.41. The van der Waals surface area contributed by atoms with Gasteiger partial charge in [-0.05, 0) is 12.8 Å². The van der Waals surface area contributed by atoms with Crippen molar-refractivity contribution < 1.29 is 14.9 Å². The van der Waals surface area contributed by atoms with Crippen molar-refractivity contribution in [1.82, 2.24) is 0 Å². The van der Waals surface area contributed by atoms with Gasteiger partial charge in [-0.3, -0.25) is 0 Å². The minimum atomic E-state index is -0.756. The van der Waals surface area contributed by atoms with Crippen molar-refractivity contribution in [3.63, 3.8) is 0 Å². The summed E-state index contributed by atoms with van der Waals surface area (Å²) in [7, 11) is 0. The zero-order valence-electron chi connectivity index (χ0n) is 6.16. The average molecular weight is 146 g/mol. The van der Waals surface area contributed by atoms with E-state index in [-0.39, 0.29) is 12.0 Å². The van der Waals surface area contributed by atoms with Gasteiger partial charge in [0.15, 0.2) is 6.29 Å². The molecular formula is C7H14O3. The molecule has 0 aromatic carbocycles. The summed E-state index contributed by atoms with van der Waals surface area (Å²) in [5.41, 5.74) is 0. The molecule has 2 N–H and O–H groups in total. The fourth-order valence-electron chi connectivity index (χ4n) is 1.31. The van der Waals surface area contributed by atoms with Crippen molar-refractivity contribution in [3.05, 3.63) is 0 Å². The molecule has 1 saturated heterocycles. The van der Waals surface area contributed by atoms with Gasteiger partial charge in [0.25, 0.3) is 0 Å².